The fourth-order valence-corrected chi connectivity index (χ4v) is 3.71. The maximum absolute atomic E-state index is 13.2. The van der Waals surface area contributed by atoms with Gasteiger partial charge in [0, 0.05) is 36.3 Å². The van der Waals surface area contributed by atoms with Crippen molar-refractivity contribution in [2.45, 2.75) is 64.1 Å². The van der Waals surface area contributed by atoms with Gasteiger partial charge in [-0.2, -0.15) is 0 Å². The molecule has 0 bridgehead atoms. The standard InChI is InChI=1S/C22H30N4O4/c1-22(2,3)30-21(29)25-12-10-18(11-13-25)26(17-8-9-17)20(28)16-6-4-15(5-7-16)19(23)24-14-27/h4-7,14,17-18H,8-13H2,1-3H3,(H2,23,24,27). The van der Waals surface area contributed by atoms with Crippen molar-refractivity contribution in [1.29, 1.82) is 5.41 Å². The third-order valence-corrected chi connectivity index (χ3v) is 5.31. The summed E-state index contributed by atoms with van der Waals surface area (Å²) in [5, 5.41) is 10.1. The van der Waals surface area contributed by atoms with Gasteiger partial charge in [-0.1, -0.05) is 12.1 Å². The van der Waals surface area contributed by atoms with Gasteiger partial charge in [-0.25, -0.2) is 4.79 Å². The van der Waals surface area contributed by atoms with Gasteiger partial charge in [0.15, 0.2) is 0 Å². The summed E-state index contributed by atoms with van der Waals surface area (Å²) in [4.78, 5) is 39.7. The van der Waals surface area contributed by atoms with E-state index in [1.165, 1.54) is 0 Å². The summed E-state index contributed by atoms with van der Waals surface area (Å²) in [7, 11) is 0. The molecule has 2 N–H and O–H groups in total. The molecule has 1 aliphatic heterocycles. The van der Waals surface area contributed by atoms with Gasteiger partial charge in [-0.05, 0) is 58.6 Å². The summed E-state index contributed by atoms with van der Waals surface area (Å²) in [5.74, 6) is -0.0211. The van der Waals surface area contributed by atoms with E-state index in [9.17, 15) is 14.4 Å². The molecule has 0 aromatic heterocycles. The van der Waals surface area contributed by atoms with Crippen LogP contribution in [0, 0.1) is 5.41 Å². The zero-order valence-corrected chi connectivity index (χ0v) is 17.8. The van der Waals surface area contributed by atoms with Crippen LogP contribution in [0.5, 0.6) is 0 Å². The molecule has 0 radical (unpaired) electrons. The number of hydrogen-bond donors (Lipinski definition) is 2. The molecule has 0 spiro atoms. The van der Waals surface area contributed by atoms with E-state index in [1.807, 2.05) is 25.7 Å². The molecule has 8 heteroatoms. The number of hydrogen-bond acceptors (Lipinski definition) is 5. The fourth-order valence-electron chi connectivity index (χ4n) is 3.71. The lowest BCUT2D eigenvalue weighted by molar-refractivity contribution is -0.108. The van der Waals surface area contributed by atoms with Crippen molar-refractivity contribution in [2.24, 2.45) is 0 Å². The van der Waals surface area contributed by atoms with Gasteiger partial charge in [0.2, 0.25) is 6.41 Å². The number of carbonyl (C=O) groups is 3. The van der Waals surface area contributed by atoms with E-state index >= 15 is 0 Å². The number of benzene rings is 1. The highest BCUT2D eigenvalue weighted by Gasteiger charge is 2.39. The van der Waals surface area contributed by atoms with Crippen molar-refractivity contribution in [3.63, 3.8) is 0 Å². The second-order valence-electron chi connectivity index (χ2n) is 8.86. The van der Waals surface area contributed by atoms with Crippen molar-refractivity contribution in [1.82, 2.24) is 15.1 Å². The smallest absolute Gasteiger partial charge is 0.410 e. The van der Waals surface area contributed by atoms with Crippen LogP contribution in [0.3, 0.4) is 0 Å². The molecule has 0 unspecified atom stereocenters. The van der Waals surface area contributed by atoms with Gasteiger partial charge in [0.1, 0.15) is 11.4 Å². The third-order valence-electron chi connectivity index (χ3n) is 5.31. The van der Waals surface area contributed by atoms with Crippen LogP contribution in [-0.4, -0.2) is 64.8 Å². The molecule has 1 aromatic carbocycles. The quantitative estimate of drug-likeness (QED) is 0.439. The first-order valence-corrected chi connectivity index (χ1v) is 10.4. The molecule has 1 saturated carbocycles. The van der Waals surface area contributed by atoms with Crippen molar-refractivity contribution >= 4 is 24.2 Å². The number of amides is 3. The number of ether oxygens (including phenoxy) is 1. The summed E-state index contributed by atoms with van der Waals surface area (Å²) in [6, 6.07) is 7.09. The van der Waals surface area contributed by atoms with Gasteiger partial charge in [-0.3, -0.25) is 15.0 Å². The molecule has 1 heterocycles. The minimum Gasteiger partial charge on any atom is -0.444 e. The van der Waals surface area contributed by atoms with Crippen molar-refractivity contribution in [2.75, 3.05) is 13.1 Å². The Morgan fingerprint density at radius 2 is 1.60 bits per heavy atom. The molecule has 0 atom stereocenters. The Morgan fingerprint density at radius 3 is 2.10 bits per heavy atom. The van der Waals surface area contributed by atoms with Gasteiger partial charge in [-0.15, -0.1) is 0 Å². The minimum absolute atomic E-state index is 0.00226. The molecule has 3 amide bonds. The molecule has 1 saturated heterocycles. The zero-order chi connectivity index (χ0) is 21.9. The first-order valence-electron chi connectivity index (χ1n) is 10.4. The highest BCUT2D eigenvalue weighted by molar-refractivity contribution is 6.02. The van der Waals surface area contributed by atoms with Crippen LogP contribution in [-0.2, 0) is 9.53 Å². The summed E-state index contributed by atoms with van der Waals surface area (Å²) < 4.78 is 5.46. The molecule has 2 aliphatic rings. The Labute approximate surface area is 177 Å². The van der Waals surface area contributed by atoms with Gasteiger partial charge >= 0.3 is 6.09 Å². The molecule has 3 rings (SSSR count). The molecule has 162 valence electrons. The van der Waals surface area contributed by atoms with E-state index in [0.717, 1.165) is 25.7 Å². The van der Waals surface area contributed by atoms with Crippen LogP contribution >= 0.6 is 0 Å². The molecule has 2 fully saturated rings. The number of amidine groups is 1. The van der Waals surface area contributed by atoms with Crippen LogP contribution in [0.1, 0.15) is 62.4 Å². The lowest BCUT2D eigenvalue weighted by atomic mass is 10.0. The number of likely N-dealkylation sites (tertiary alicyclic amines) is 1. The van der Waals surface area contributed by atoms with E-state index < -0.39 is 5.60 Å². The predicted octanol–water partition coefficient (Wildman–Crippen LogP) is 2.76. The topological polar surface area (TPSA) is 103 Å². The van der Waals surface area contributed by atoms with Crippen LogP contribution < -0.4 is 5.32 Å². The molecule has 1 aliphatic carbocycles. The number of nitrogens with zero attached hydrogens (tertiary/aromatic N) is 2. The molecule has 1 aromatic rings. The van der Waals surface area contributed by atoms with Crippen LogP contribution in [0.2, 0.25) is 0 Å². The normalized spacial score (nSPS) is 17.2. The Balaban J connectivity index is 1.64. The Kier molecular flexibility index (Phi) is 6.43. The number of piperidine rings is 1. The summed E-state index contributed by atoms with van der Waals surface area (Å²) in [5.41, 5.74) is 0.592. The molecular formula is C22H30N4O4. The average molecular weight is 415 g/mol. The zero-order valence-electron chi connectivity index (χ0n) is 17.8. The first kappa shape index (κ1) is 21.8. The molecule has 30 heavy (non-hydrogen) atoms. The molecular weight excluding hydrogens is 384 g/mol. The number of nitrogens with one attached hydrogen (secondary N) is 2. The lowest BCUT2D eigenvalue weighted by Crippen LogP contribution is -2.50. The second-order valence-corrected chi connectivity index (χ2v) is 8.86. The number of carbonyl (C=O) groups excluding carboxylic acids is 3. The third kappa shape index (κ3) is 5.37. The highest BCUT2D eigenvalue weighted by atomic mass is 16.6. The van der Waals surface area contributed by atoms with Crippen LogP contribution in [0.15, 0.2) is 24.3 Å². The van der Waals surface area contributed by atoms with Gasteiger partial charge < -0.3 is 19.9 Å². The van der Waals surface area contributed by atoms with E-state index in [1.54, 1.807) is 29.2 Å². The SMILES string of the molecule is CC(C)(C)OC(=O)N1CCC(N(C(=O)c2ccc(C(=N)NC=O)cc2)C2CC2)CC1. The first-order chi connectivity index (χ1) is 14.2. The maximum atomic E-state index is 13.2. The Morgan fingerprint density at radius 1 is 1.07 bits per heavy atom. The van der Waals surface area contributed by atoms with E-state index in [4.69, 9.17) is 10.1 Å². The van der Waals surface area contributed by atoms with E-state index in [0.29, 0.717) is 30.6 Å². The van der Waals surface area contributed by atoms with E-state index in [-0.39, 0.29) is 29.9 Å². The number of rotatable bonds is 5. The monoisotopic (exact) mass is 414 g/mol. The van der Waals surface area contributed by atoms with Crippen LogP contribution in [0.25, 0.3) is 0 Å². The average Bonchev–Trinajstić information content (AvgIpc) is 3.52. The Bertz CT molecular complexity index is 803. The summed E-state index contributed by atoms with van der Waals surface area (Å²) in [6.45, 7) is 6.71. The van der Waals surface area contributed by atoms with Crippen LogP contribution in [0.4, 0.5) is 4.79 Å². The fraction of sp³-hybridized carbons (Fsp3) is 0.545. The lowest BCUT2D eigenvalue weighted by Gasteiger charge is -2.39. The van der Waals surface area contributed by atoms with Gasteiger partial charge in [0.05, 0.1) is 0 Å². The predicted molar refractivity (Wildman–Crippen MR) is 112 cm³/mol. The largest absolute Gasteiger partial charge is 0.444 e. The Hall–Kier alpha value is -2.90. The molecule has 8 nitrogen and oxygen atoms in total. The van der Waals surface area contributed by atoms with Crippen molar-refractivity contribution in [3.8, 4) is 0 Å². The second kappa shape index (κ2) is 8.85. The summed E-state index contributed by atoms with van der Waals surface area (Å²) >= 11 is 0. The minimum atomic E-state index is -0.520. The maximum Gasteiger partial charge on any atom is 0.410 e. The van der Waals surface area contributed by atoms with E-state index in [2.05, 4.69) is 5.32 Å². The summed E-state index contributed by atoms with van der Waals surface area (Å²) in [6.07, 6.45) is 3.63. The van der Waals surface area contributed by atoms with Crippen molar-refractivity contribution < 1.29 is 19.1 Å². The van der Waals surface area contributed by atoms with Gasteiger partial charge in [0.25, 0.3) is 5.91 Å². The highest BCUT2D eigenvalue weighted by Crippen LogP contribution is 2.33. The van der Waals surface area contributed by atoms with Crippen molar-refractivity contribution in [3.05, 3.63) is 35.4 Å².